The minimum Gasteiger partial charge on any atom is -0.396 e. The van der Waals surface area contributed by atoms with E-state index < -0.39 is 0 Å². The van der Waals surface area contributed by atoms with E-state index in [0.717, 1.165) is 29.5 Å². The highest BCUT2D eigenvalue weighted by atomic mass is 15.2. The summed E-state index contributed by atoms with van der Waals surface area (Å²) in [5.74, 6) is 1.70. The molecule has 1 aliphatic heterocycles. The minimum absolute atomic E-state index is 0.550. The molecule has 1 saturated heterocycles. The summed E-state index contributed by atoms with van der Waals surface area (Å²) in [5, 5.41) is 0. The van der Waals surface area contributed by atoms with E-state index in [1.807, 2.05) is 19.2 Å². The Labute approximate surface area is 97.7 Å². The van der Waals surface area contributed by atoms with Crippen molar-refractivity contribution >= 4 is 11.5 Å². The lowest BCUT2D eigenvalue weighted by atomic mass is 9.95. The second kappa shape index (κ2) is 4.32. The molecule has 3 heteroatoms. The predicted molar refractivity (Wildman–Crippen MR) is 68.6 cm³/mol. The van der Waals surface area contributed by atoms with Crippen LogP contribution in [-0.4, -0.2) is 17.6 Å². The van der Waals surface area contributed by atoms with Crippen molar-refractivity contribution in [2.45, 2.75) is 39.7 Å². The van der Waals surface area contributed by atoms with Gasteiger partial charge < -0.3 is 10.6 Å². The molecule has 2 N–H and O–H groups in total. The van der Waals surface area contributed by atoms with Crippen LogP contribution in [0.1, 0.15) is 32.3 Å². The van der Waals surface area contributed by atoms with Crippen LogP contribution in [0.5, 0.6) is 0 Å². The Hall–Kier alpha value is -1.25. The highest BCUT2D eigenvalue weighted by molar-refractivity contribution is 5.63. The van der Waals surface area contributed by atoms with Gasteiger partial charge in [0.15, 0.2) is 5.82 Å². The number of nitrogens with zero attached hydrogens (tertiary/aromatic N) is 2. The Morgan fingerprint density at radius 1 is 1.38 bits per heavy atom. The van der Waals surface area contributed by atoms with Crippen LogP contribution in [0.3, 0.4) is 0 Å². The first-order valence-corrected chi connectivity index (χ1v) is 6.06. The predicted octanol–water partition coefficient (Wildman–Crippen LogP) is 2.60. The van der Waals surface area contributed by atoms with E-state index in [0.29, 0.717) is 6.04 Å². The highest BCUT2D eigenvalue weighted by Crippen LogP contribution is 2.29. The minimum atomic E-state index is 0.550. The molecule has 1 aromatic heterocycles. The molecule has 0 saturated carbocycles. The summed E-state index contributed by atoms with van der Waals surface area (Å²) in [6.45, 7) is 7.65. The van der Waals surface area contributed by atoms with Crippen LogP contribution in [0.2, 0.25) is 0 Å². The number of hydrogen-bond acceptors (Lipinski definition) is 3. The van der Waals surface area contributed by atoms with E-state index in [4.69, 9.17) is 5.73 Å². The Kier molecular flexibility index (Phi) is 3.03. The number of hydrogen-bond donors (Lipinski definition) is 1. The van der Waals surface area contributed by atoms with Gasteiger partial charge in [-0.05, 0) is 44.2 Å². The first-order valence-electron chi connectivity index (χ1n) is 6.06. The molecule has 2 atom stereocenters. The molecule has 0 amide bonds. The fraction of sp³-hybridized carbons (Fsp3) is 0.615. The van der Waals surface area contributed by atoms with Crippen LogP contribution in [0, 0.1) is 12.8 Å². The Balaban J connectivity index is 2.28. The molecule has 16 heavy (non-hydrogen) atoms. The van der Waals surface area contributed by atoms with Crippen molar-refractivity contribution < 1.29 is 0 Å². The van der Waals surface area contributed by atoms with Crippen LogP contribution in [0.25, 0.3) is 0 Å². The van der Waals surface area contributed by atoms with E-state index >= 15 is 0 Å². The van der Waals surface area contributed by atoms with Gasteiger partial charge in [-0.15, -0.1) is 0 Å². The number of rotatable bonds is 1. The van der Waals surface area contributed by atoms with Crippen molar-refractivity contribution in [2.75, 3.05) is 17.2 Å². The van der Waals surface area contributed by atoms with Crippen LogP contribution >= 0.6 is 0 Å². The monoisotopic (exact) mass is 219 g/mol. The van der Waals surface area contributed by atoms with Gasteiger partial charge in [0, 0.05) is 18.8 Å². The zero-order valence-electron chi connectivity index (χ0n) is 10.4. The van der Waals surface area contributed by atoms with E-state index in [-0.39, 0.29) is 0 Å². The molecular formula is C13H21N3. The summed E-state index contributed by atoms with van der Waals surface area (Å²) in [4.78, 5) is 6.84. The Morgan fingerprint density at radius 3 is 2.81 bits per heavy atom. The van der Waals surface area contributed by atoms with Crippen molar-refractivity contribution in [3.8, 4) is 0 Å². The van der Waals surface area contributed by atoms with E-state index in [2.05, 4.69) is 23.7 Å². The number of nitrogen functional groups attached to an aromatic ring is 1. The number of aromatic nitrogens is 1. The van der Waals surface area contributed by atoms with Gasteiger partial charge in [-0.2, -0.15) is 0 Å². The molecule has 0 bridgehead atoms. The van der Waals surface area contributed by atoms with Crippen molar-refractivity contribution in [3.05, 3.63) is 17.8 Å². The van der Waals surface area contributed by atoms with Gasteiger partial charge in [0.25, 0.3) is 0 Å². The number of pyridine rings is 1. The smallest absolute Gasteiger partial charge is 0.152 e. The zero-order valence-corrected chi connectivity index (χ0v) is 10.4. The maximum atomic E-state index is 6.06. The van der Waals surface area contributed by atoms with Crippen LogP contribution in [0.4, 0.5) is 11.5 Å². The normalized spacial score (nSPS) is 25.8. The third-order valence-corrected chi connectivity index (χ3v) is 3.42. The molecule has 2 rings (SSSR count). The summed E-state index contributed by atoms with van der Waals surface area (Å²) in [7, 11) is 0. The van der Waals surface area contributed by atoms with Gasteiger partial charge in [-0.3, -0.25) is 0 Å². The molecule has 1 fully saturated rings. The molecular weight excluding hydrogens is 198 g/mol. The van der Waals surface area contributed by atoms with Crippen molar-refractivity contribution in [3.63, 3.8) is 0 Å². The van der Waals surface area contributed by atoms with Crippen LogP contribution < -0.4 is 10.6 Å². The van der Waals surface area contributed by atoms with Gasteiger partial charge >= 0.3 is 0 Å². The molecule has 1 aromatic rings. The zero-order chi connectivity index (χ0) is 11.7. The molecule has 0 radical (unpaired) electrons. The average molecular weight is 219 g/mol. The molecule has 3 nitrogen and oxygen atoms in total. The quantitative estimate of drug-likeness (QED) is 0.789. The molecule has 0 aliphatic carbocycles. The van der Waals surface area contributed by atoms with Crippen LogP contribution in [0.15, 0.2) is 12.3 Å². The third-order valence-electron chi connectivity index (χ3n) is 3.42. The van der Waals surface area contributed by atoms with Gasteiger partial charge in [0.2, 0.25) is 0 Å². The van der Waals surface area contributed by atoms with Crippen LogP contribution in [-0.2, 0) is 0 Å². The standard InChI is InChI=1S/C13H21N3/c1-9-4-5-11(3)16(8-9)13-12(14)6-10(2)7-15-13/h6-7,9,11H,4-5,8,14H2,1-3H3. The maximum absolute atomic E-state index is 6.06. The number of aryl methyl sites for hydroxylation is 1. The second-order valence-corrected chi connectivity index (χ2v) is 5.11. The van der Waals surface area contributed by atoms with E-state index in [9.17, 15) is 0 Å². The summed E-state index contributed by atoms with van der Waals surface area (Å²) < 4.78 is 0. The maximum Gasteiger partial charge on any atom is 0.152 e. The summed E-state index contributed by atoms with van der Waals surface area (Å²) in [6, 6.07) is 2.56. The molecule has 2 heterocycles. The first-order chi connectivity index (χ1) is 7.58. The van der Waals surface area contributed by atoms with Gasteiger partial charge in [-0.25, -0.2) is 4.98 Å². The van der Waals surface area contributed by atoms with Crippen molar-refractivity contribution in [1.82, 2.24) is 4.98 Å². The lowest BCUT2D eigenvalue weighted by molar-refractivity contribution is 0.388. The number of nitrogens with two attached hydrogens (primary N) is 1. The van der Waals surface area contributed by atoms with Gasteiger partial charge in [-0.1, -0.05) is 6.92 Å². The SMILES string of the molecule is Cc1cnc(N2CC(C)CCC2C)c(N)c1. The third kappa shape index (κ3) is 2.13. The first kappa shape index (κ1) is 11.2. The molecule has 1 aliphatic rings. The van der Waals surface area contributed by atoms with Crippen molar-refractivity contribution in [2.24, 2.45) is 5.92 Å². The van der Waals surface area contributed by atoms with Gasteiger partial charge in [0.05, 0.1) is 5.69 Å². The van der Waals surface area contributed by atoms with E-state index in [1.54, 1.807) is 0 Å². The molecule has 0 spiro atoms. The molecule has 0 aromatic carbocycles. The second-order valence-electron chi connectivity index (χ2n) is 5.11. The lowest BCUT2D eigenvalue weighted by Gasteiger charge is -2.38. The molecule has 88 valence electrons. The molecule has 2 unspecified atom stereocenters. The summed E-state index contributed by atoms with van der Waals surface area (Å²) in [6.07, 6.45) is 4.44. The Morgan fingerprint density at radius 2 is 2.12 bits per heavy atom. The summed E-state index contributed by atoms with van der Waals surface area (Å²) in [5.41, 5.74) is 7.99. The topological polar surface area (TPSA) is 42.2 Å². The average Bonchev–Trinajstić information content (AvgIpc) is 2.22. The largest absolute Gasteiger partial charge is 0.396 e. The number of piperidine rings is 1. The summed E-state index contributed by atoms with van der Waals surface area (Å²) >= 11 is 0. The van der Waals surface area contributed by atoms with Crippen molar-refractivity contribution in [1.29, 1.82) is 0 Å². The van der Waals surface area contributed by atoms with Gasteiger partial charge in [0.1, 0.15) is 0 Å². The van der Waals surface area contributed by atoms with E-state index in [1.165, 1.54) is 12.8 Å². The highest BCUT2D eigenvalue weighted by Gasteiger charge is 2.25. The number of anilines is 2. The Bertz CT molecular complexity index is 375. The lowest BCUT2D eigenvalue weighted by Crippen LogP contribution is -2.41. The fourth-order valence-corrected chi connectivity index (χ4v) is 2.41. The fourth-order valence-electron chi connectivity index (χ4n) is 2.41.